The summed E-state index contributed by atoms with van der Waals surface area (Å²) in [7, 11) is 2.98. The average molecular weight is 475 g/mol. The molecule has 33 heavy (non-hydrogen) atoms. The molecule has 2 saturated carbocycles. The second-order valence-corrected chi connectivity index (χ2v) is 13.5. The molecule has 5 rings (SSSR count). The predicted octanol–water partition coefficient (Wildman–Crippen LogP) is 8.01. The molecule has 3 aliphatic carbocycles. The first-order chi connectivity index (χ1) is 16.3. The first-order valence-corrected chi connectivity index (χ1v) is 15.6. The molecule has 3 atom stereocenters. The van der Waals surface area contributed by atoms with Crippen molar-refractivity contribution >= 4 is 27.8 Å². The van der Waals surface area contributed by atoms with Crippen molar-refractivity contribution in [2.75, 3.05) is 6.16 Å². The van der Waals surface area contributed by atoms with Gasteiger partial charge in [0.05, 0.1) is 0 Å². The number of allylic oxidation sites excluding steroid dienone is 4. The lowest BCUT2D eigenvalue weighted by atomic mass is 9.74. The topological polar surface area (TPSA) is 0 Å². The first-order valence-electron chi connectivity index (χ1n) is 13.4. The molecule has 2 fully saturated rings. The molecular weight excluding hydrogens is 434 g/mol. The summed E-state index contributed by atoms with van der Waals surface area (Å²) in [6.07, 6.45) is 20.8. The van der Waals surface area contributed by atoms with E-state index in [0.29, 0.717) is 11.6 Å². The van der Waals surface area contributed by atoms with E-state index in [-0.39, 0.29) is 7.92 Å². The molecule has 3 aliphatic rings. The van der Waals surface area contributed by atoms with Crippen LogP contribution in [0.1, 0.15) is 64.2 Å². The zero-order valence-corrected chi connectivity index (χ0v) is 22.1. The molecule has 174 valence electrons. The largest absolute Gasteiger partial charge is 0.133 e. The van der Waals surface area contributed by atoms with Crippen molar-refractivity contribution in [1.29, 1.82) is 0 Å². The Balaban J connectivity index is 1.43. The maximum atomic E-state index is 3.33. The van der Waals surface area contributed by atoms with Crippen LogP contribution in [-0.2, 0) is 0 Å². The monoisotopic (exact) mass is 474 g/mol. The minimum Gasteiger partial charge on any atom is -0.133 e. The van der Waals surface area contributed by atoms with Crippen LogP contribution in [0.5, 0.6) is 0 Å². The summed E-state index contributed by atoms with van der Waals surface area (Å²) in [5.74, 6) is 2.28. The molecule has 0 amide bonds. The van der Waals surface area contributed by atoms with Gasteiger partial charge >= 0.3 is 0 Å². The summed E-state index contributed by atoms with van der Waals surface area (Å²) >= 11 is 0. The van der Waals surface area contributed by atoms with Gasteiger partial charge in [-0.1, -0.05) is 117 Å². The van der Waals surface area contributed by atoms with Crippen LogP contribution in [0.4, 0.5) is 0 Å². The SMILES string of the molecule is PC(CP(c1ccccc1)c1ccccc1)C1C=CC(C2CCCCC2)=C1C1CCCCC1. The van der Waals surface area contributed by atoms with Crippen LogP contribution < -0.4 is 10.6 Å². The maximum Gasteiger partial charge on any atom is 0.00551 e. The Labute approximate surface area is 205 Å². The van der Waals surface area contributed by atoms with Crippen LogP contribution >= 0.6 is 17.2 Å². The molecule has 0 saturated heterocycles. The smallest absolute Gasteiger partial charge is 0.00551 e. The van der Waals surface area contributed by atoms with Gasteiger partial charge in [0.1, 0.15) is 0 Å². The minimum atomic E-state index is -0.349. The van der Waals surface area contributed by atoms with Gasteiger partial charge in [0.25, 0.3) is 0 Å². The van der Waals surface area contributed by atoms with E-state index in [2.05, 4.69) is 82.1 Å². The minimum absolute atomic E-state index is 0.349. The number of rotatable bonds is 7. The van der Waals surface area contributed by atoms with E-state index < -0.39 is 0 Å². The Morgan fingerprint density at radius 1 is 0.697 bits per heavy atom. The number of hydrogen-bond acceptors (Lipinski definition) is 0. The van der Waals surface area contributed by atoms with E-state index in [1.807, 2.05) is 5.57 Å². The molecule has 0 N–H and O–H groups in total. The van der Waals surface area contributed by atoms with Gasteiger partial charge in [-0.05, 0) is 73.4 Å². The Kier molecular flexibility index (Phi) is 8.18. The van der Waals surface area contributed by atoms with E-state index in [9.17, 15) is 0 Å². The Hall–Kier alpha value is -1.22. The van der Waals surface area contributed by atoms with Crippen LogP contribution in [0.2, 0.25) is 0 Å². The molecule has 0 radical (unpaired) electrons. The molecule has 2 aromatic carbocycles. The summed E-state index contributed by atoms with van der Waals surface area (Å²) in [5, 5.41) is 3.03. The van der Waals surface area contributed by atoms with Crippen molar-refractivity contribution in [3.8, 4) is 0 Å². The average Bonchev–Trinajstić information content (AvgIpc) is 3.35. The van der Waals surface area contributed by atoms with Crippen molar-refractivity contribution in [3.05, 3.63) is 84.0 Å². The van der Waals surface area contributed by atoms with Crippen LogP contribution in [0.25, 0.3) is 0 Å². The molecule has 2 heteroatoms. The summed E-state index contributed by atoms with van der Waals surface area (Å²) in [6, 6.07) is 22.6. The standard InChI is InChI=1S/C31H40P2/c32-30(23-33(26-17-9-3-10-18-26)27-19-11-4-12-20-27)29-22-21-28(24-13-5-1-6-14-24)31(29)25-15-7-2-8-16-25/h3-4,9-12,17-22,24-25,29-30H,1-2,5-8,13-16,23,32H2. The lowest BCUT2D eigenvalue weighted by Gasteiger charge is -2.34. The molecule has 0 aromatic heterocycles. The third-order valence-electron chi connectivity index (χ3n) is 8.26. The zero-order chi connectivity index (χ0) is 22.5. The molecule has 3 unspecified atom stereocenters. The third-order valence-corrected chi connectivity index (χ3v) is 11.9. The van der Waals surface area contributed by atoms with Gasteiger partial charge in [-0.25, -0.2) is 0 Å². The Morgan fingerprint density at radius 2 is 1.21 bits per heavy atom. The lowest BCUT2D eigenvalue weighted by molar-refractivity contribution is 0.366. The third kappa shape index (κ3) is 5.55. The summed E-state index contributed by atoms with van der Waals surface area (Å²) in [6.45, 7) is 0. The predicted molar refractivity (Wildman–Crippen MR) is 150 cm³/mol. The van der Waals surface area contributed by atoms with Gasteiger partial charge < -0.3 is 0 Å². The van der Waals surface area contributed by atoms with Gasteiger partial charge in [-0.15, -0.1) is 9.24 Å². The van der Waals surface area contributed by atoms with Crippen LogP contribution in [0.3, 0.4) is 0 Å². The number of hydrogen-bond donors (Lipinski definition) is 0. The molecule has 0 bridgehead atoms. The highest BCUT2D eigenvalue weighted by atomic mass is 31.1. The van der Waals surface area contributed by atoms with E-state index in [1.54, 1.807) is 5.57 Å². The number of benzene rings is 2. The fraction of sp³-hybridized carbons (Fsp3) is 0.484. The Morgan fingerprint density at radius 3 is 1.76 bits per heavy atom. The Bertz CT molecular complexity index is 894. The van der Waals surface area contributed by atoms with Gasteiger partial charge in [-0.3, -0.25) is 0 Å². The van der Waals surface area contributed by atoms with Crippen LogP contribution in [-0.4, -0.2) is 11.8 Å². The van der Waals surface area contributed by atoms with Gasteiger partial charge in [-0.2, -0.15) is 0 Å². The molecular formula is C31H40P2. The summed E-state index contributed by atoms with van der Waals surface area (Å²) < 4.78 is 0. The summed E-state index contributed by atoms with van der Waals surface area (Å²) in [5.41, 5.74) is 4.26. The molecule has 0 spiro atoms. The lowest BCUT2D eigenvalue weighted by Crippen LogP contribution is -2.27. The van der Waals surface area contributed by atoms with E-state index in [0.717, 1.165) is 11.8 Å². The van der Waals surface area contributed by atoms with E-state index in [1.165, 1.54) is 81.0 Å². The zero-order valence-electron chi connectivity index (χ0n) is 20.0. The fourth-order valence-electron chi connectivity index (χ4n) is 6.58. The highest BCUT2D eigenvalue weighted by Crippen LogP contribution is 2.48. The van der Waals surface area contributed by atoms with Crippen molar-refractivity contribution in [2.45, 2.75) is 69.9 Å². The molecule has 0 heterocycles. The quantitative estimate of drug-likeness (QED) is 0.357. The van der Waals surface area contributed by atoms with Crippen molar-refractivity contribution in [3.63, 3.8) is 0 Å². The van der Waals surface area contributed by atoms with Crippen molar-refractivity contribution in [1.82, 2.24) is 0 Å². The van der Waals surface area contributed by atoms with Crippen molar-refractivity contribution in [2.24, 2.45) is 17.8 Å². The van der Waals surface area contributed by atoms with Gasteiger partial charge in [0.2, 0.25) is 0 Å². The van der Waals surface area contributed by atoms with Gasteiger partial charge in [0.15, 0.2) is 0 Å². The van der Waals surface area contributed by atoms with Crippen LogP contribution in [0.15, 0.2) is 84.0 Å². The normalized spacial score (nSPS) is 23.4. The van der Waals surface area contributed by atoms with Gasteiger partial charge in [0, 0.05) is 5.92 Å². The second-order valence-electron chi connectivity index (χ2n) is 10.4. The van der Waals surface area contributed by atoms with E-state index in [4.69, 9.17) is 0 Å². The van der Waals surface area contributed by atoms with Crippen molar-refractivity contribution < 1.29 is 0 Å². The first kappa shape index (κ1) is 23.5. The van der Waals surface area contributed by atoms with Crippen LogP contribution in [0, 0.1) is 17.8 Å². The maximum absolute atomic E-state index is 3.33. The molecule has 0 aliphatic heterocycles. The van der Waals surface area contributed by atoms with E-state index >= 15 is 0 Å². The molecule has 0 nitrogen and oxygen atoms in total. The summed E-state index contributed by atoms with van der Waals surface area (Å²) in [4.78, 5) is 0. The molecule has 2 aromatic rings. The fourth-order valence-corrected chi connectivity index (χ4v) is 9.98. The second kappa shape index (κ2) is 11.5. The highest BCUT2D eigenvalue weighted by molar-refractivity contribution is 7.73. The highest BCUT2D eigenvalue weighted by Gasteiger charge is 2.35.